The van der Waals surface area contributed by atoms with E-state index in [-0.39, 0.29) is 29.0 Å². The number of nitro benzene ring substituents is 1. The predicted octanol–water partition coefficient (Wildman–Crippen LogP) is 2.80. The number of non-ortho nitro benzene ring substituents is 1. The molecule has 0 spiro atoms. The van der Waals surface area contributed by atoms with Crippen LogP contribution in [0.4, 0.5) is 11.4 Å². The number of carbonyl (C=O) groups is 3. The average Bonchev–Trinajstić information content (AvgIpc) is 2.99. The minimum Gasteiger partial charge on any atom is -0.462 e. The maximum atomic E-state index is 12.6. The van der Waals surface area contributed by atoms with E-state index >= 15 is 0 Å². The summed E-state index contributed by atoms with van der Waals surface area (Å²) in [7, 11) is 1.54. The molecule has 2 N–H and O–H groups in total. The molecule has 0 atom stereocenters. The van der Waals surface area contributed by atoms with E-state index in [9.17, 15) is 24.5 Å². The fraction of sp³-hybridized carbons (Fsp3) is 0.316. The number of benzene rings is 1. The van der Waals surface area contributed by atoms with Crippen molar-refractivity contribution in [3.8, 4) is 0 Å². The first-order valence-corrected chi connectivity index (χ1v) is 8.74. The number of carbonyl (C=O) groups excluding carboxylic acids is 3. The largest absolute Gasteiger partial charge is 0.462 e. The van der Waals surface area contributed by atoms with E-state index in [2.05, 4.69) is 10.3 Å². The lowest BCUT2D eigenvalue weighted by Crippen LogP contribution is -2.18. The second kappa shape index (κ2) is 9.00. The molecular formula is C19H21N3O7. The molecule has 0 saturated heterocycles. The van der Waals surface area contributed by atoms with Crippen molar-refractivity contribution < 1.29 is 28.8 Å². The van der Waals surface area contributed by atoms with Crippen LogP contribution in [0.5, 0.6) is 0 Å². The smallest absolute Gasteiger partial charge is 0.340 e. The van der Waals surface area contributed by atoms with E-state index in [1.165, 1.54) is 12.1 Å². The molecule has 154 valence electrons. The van der Waals surface area contributed by atoms with Crippen molar-refractivity contribution in [3.05, 3.63) is 56.4 Å². The Bertz CT molecular complexity index is 978. The minimum atomic E-state index is -0.908. The fourth-order valence-corrected chi connectivity index (χ4v) is 2.90. The molecule has 10 nitrogen and oxygen atoms in total. The predicted molar refractivity (Wildman–Crippen MR) is 103 cm³/mol. The highest BCUT2D eigenvalue weighted by molar-refractivity contribution is 6.09. The van der Waals surface area contributed by atoms with Crippen LogP contribution in [0.2, 0.25) is 0 Å². The second-order valence-corrected chi connectivity index (χ2v) is 6.08. The number of aromatic nitrogens is 1. The molecule has 1 aromatic heterocycles. The van der Waals surface area contributed by atoms with E-state index in [1.807, 2.05) is 0 Å². The molecule has 1 heterocycles. The molecular weight excluding hydrogens is 382 g/mol. The first-order chi connectivity index (χ1) is 13.7. The van der Waals surface area contributed by atoms with Crippen molar-refractivity contribution in [2.45, 2.75) is 20.8 Å². The Morgan fingerprint density at radius 1 is 1.10 bits per heavy atom. The number of rotatable bonds is 8. The number of anilines is 1. The number of aromatic amines is 1. The van der Waals surface area contributed by atoms with Gasteiger partial charge in [-0.25, -0.2) is 9.59 Å². The van der Waals surface area contributed by atoms with Gasteiger partial charge < -0.3 is 19.8 Å². The average molecular weight is 403 g/mol. The molecule has 0 saturated carbocycles. The van der Waals surface area contributed by atoms with E-state index in [4.69, 9.17) is 9.47 Å². The molecule has 1 aromatic carbocycles. The van der Waals surface area contributed by atoms with E-state index in [0.717, 1.165) is 6.07 Å². The quantitative estimate of drug-likeness (QED) is 0.297. The Hall–Kier alpha value is -3.69. The lowest BCUT2D eigenvalue weighted by Gasteiger charge is -2.10. The van der Waals surface area contributed by atoms with Gasteiger partial charge in [0.05, 0.1) is 28.2 Å². The van der Waals surface area contributed by atoms with Crippen molar-refractivity contribution in [2.24, 2.45) is 0 Å². The monoisotopic (exact) mass is 403 g/mol. The summed E-state index contributed by atoms with van der Waals surface area (Å²) >= 11 is 0. The van der Waals surface area contributed by atoms with Gasteiger partial charge in [0, 0.05) is 36.3 Å². The summed E-state index contributed by atoms with van der Waals surface area (Å²) in [5, 5.41) is 13.7. The number of ether oxygens (including phenoxy) is 2. The number of Topliss-reactive ketones (excluding diaryl/α,β-unsaturated/α-hetero) is 1. The van der Waals surface area contributed by atoms with E-state index < -0.39 is 29.3 Å². The Morgan fingerprint density at radius 3 is 2.34 bits per heavy atom. The fourth-order valence-electron chi connectivity index (χ4n) is 2.90. The summed E-state index contributed by atoms with van der Waals surface area (Å²) in [5.74, 6) is -2.16. The van der Waals surface area contributed by atoms with E-state index in [0.29, 0.717) is 17.1 Å². The van der Waals surface area contributed by atoms with Crippen LogP contribution in [0.15, 0.2) is 18.2 Å². The van der Waals surface area contributed by atoms with Crippen molar-refractivity contribution in [1.82, 2.24) is 4.98 Å². The lowest BCUT2D eigenvalue weighted by molar-refractivity contribution is -0.384. The Kier molecular flexibility index (Phi) is 6.71. The van der Waals surface area contributed by atoms with Crippen molar-refractivity contribution >= 4 is 29.1 Å². The van der Waals surface area contributed by atoms with Gasteiger partial charge in [0.2, 0.25) is 5.78 Å². The zero-order valence-corrected chi connectivity index (χ0v) is 16.5. The van der Waals surface area contributed by atoms with Gasteiger partial charge in [0.15, 0.2) is 6.61 Å². The van der Waals surface area contributed by atoms with Crippen LogP contribution in [0.25, 0.3) is 0 Å². The highest BCUT2D eigenvalue weighted by atomic mass is 16.6. The molecule has 0 aliphatic heterocycles. The summed E-state index contributed by atoms with van der Waals surface area (Å²) in [6.45, 7) is 4.39. The third-order valence-corrected chi connectivity index (χ3v) is 4.17. The first-order valence-electron chi connectivity index (χ1n) is 8.74. The lowest BCUT2D eigenvalue weighted by atomic mass is 10.1. The molecule has 0 aliphatic carbocycles. The molecule has 2 rings (SSSR count). The van der Waals surface area contributed by atoms with Gasteiger partial charge in [-0.3, -0.25) is 14.9 Å². The summed E-state index contributed by atoms with van der Waals surface area (Å²) < 4.78 is 10.0. The molecule has 29 heavy (non-hydrogen) atoms. The van der Waals surface area contributed by atoms with Crippen molar-refractivity contribution in [2.75, 3.05) is 25.6 Å². The molecule has 0 bridgehead atoms. The second-order valence-electron chi connectivity index (χ2n) is 6.08. The number of ketones is 1. The number of H-pyrrole nitrogens is 1. The Balaban J connectivity index is 2.24. The maximum absolute atomic E-state index is 12.6. The molecule has 0 aliphatic rings. The Morgan fingerprint density at radius 2 is 1.76 bits per heavy atom. The number of nitrogens with zero attached hydrogens (tertiary/aromatic N) is 1. The van der Waals surface area contributed by atoms with Crippen LogP contribution in [0.3, 0.4) is 0 Å². The number of hydrogen-bond donors (Lipinski definition) is 2. The van der Waals surface area contributed by atoms with Crippen molar-refractivity contribution in [3.63, 3.8) is 0 Å². The van der Waals surface area contributed by atoms with Gasteiger partial charge in [-0.05, 0) is 26.8 Å². The standard InChI is InChI=1S/C19H21N3O7/c1-5-28-19(25)17-11(3)21-10(2)16(17)15(23)9-29-18(24)13-8-12(22(26)27)6-7-14(13)20-4/h6-8,20-21H,5,9H2,1-4H3. The molecule has 0 unspecified atom stereocenters. The highest BCUT2D eigenvalue weighted by Gasteiger charge is 2.26. The first kappa shape index (κ1) is 21.6. The highest BCUT2D eigenvalue weighted by Crippen LogP contribution is 2.24. The molecule has 0 radical (unpaired) electrons. The van der Waals surface area contributed by atoms with Crippen molar-refractivity contribution in [1.29, 1.82) is 0 Å². The van der Waals surface area contributed by atoms with Crippen LogP contribution < -0.4 is 5.32 Å². The van der Waals surface area contributed by atoms with Gasteiger partial charge in [0.25, 0.3) is 5.69 Å². The number of aryl methyl sites for hydroxylation is 2. The number of hydrogen-bond acceptors (Lipinski definition) is 8. The summed E-state index contributed by atoms with van der Waals surface area (Å²) in [6.07, 6.45) is 0. The number of nitrogens with one attached hydrogen (secondary N) is 2. The molecule has 0 fully saturated rings. The van der Waals surface area contributed by atoms with Crippen LogP contribution in [0.1, 0.15) is 49.4 Å². The maximum Gasteiger partial charge on any atom is 0.340 e. The third kappa shape index (κ3) is 4.60. The van der Waals surface area contributed by atoms with Gasteiger partial charge >= 0.3 is 11.9 Å². The van der Waals surface area contributed by atoms with Crippen LogP contribution >= 0.6 is 0 Å². The topological polar surface area (TPSA) is 141 Å². The van der Waals surface area contributed by atoms with Gasteiger partial charge in [-0.15, -0.1) is 0 Å². The van der Waals surface area contributed by atoms with Gasteiger partial charge in [-0.2, -0.15) is 0 Å². The normalized spacial score (nSPS) is 10.3. The zero-order chi connectivity index (χ0) is 21.7. The number of nitro groups is 1. The zero-order valence-electron chi connectivity index (χ0n) is 16.5. The Labute approximate surface area is 166 Å². The summed E-state index contributed by atoms with van der Waals surface area (Å²) in [6, 6.07) is 3.68. The third-order valence-electron chi connectivity index (χ3n) is 4.17. The molecule has 0 amide bonds. The van der Waals surface area contributed by atoms with Gasteiger partial charge in [0.1, 0.15) is 0 Å². The SMILES string of the molecule is CCOC(=O)c1c(C)[nH]c(C)c1C(=O)COC(=O)c1cc([N+](=O)[O-])ccc1NC. The molecule has 10 heteroatoms. The molecule has 2 aromatic rings. The van der Waals surface area contributed by atoms with Crippen LogP contribution in [-0.4, -0.2) is 47.9 Å². The summed E-state index contributed by atoms with van der Waals surface area (Å²) in [5.41, 5.74) is 1.03. The van der Waals surface area contributed by atoms with Crippen LogP contribution in [-0.2, 0) is 9.47 Å². The van der Waals surface area contributed by atoms with Gasteiger partial charge in [-0.1, -0.05) is 0 Å². The summed E-state index contributed by atoms with van der Waals surface area (Å²) in [4.78, 5) is 50.4. The number of esters is 2. The van der Waals surface area contributed by atoms with Crippen LogP contribution in [0, 0.1) is 24.0 Å². The van der Waals surface area contributed by atoms with E-state index in [1.54, 1.807) is 27.8 Å². The minimum absolute atomic E-state index is 0.0814.